The number of halogens is 6. The first-order valence-corrected chi connectivity index (χ1v) is 12.2. The number of amides is 1. The van der Waals surface area contributed by atoms with Crippen LogP contribution in [0.2, 0.25) is 0 Å². The Hall–Kier alpha value is -2.79. The Balaban J connectivity index is 1.84. The van der Waals surface area contributed by atoms with Crippen molar-refractivity contribution in [2.75, 3.05) is 6.61 Å². The van der Waals surface area contributed by atoms with Crippen LogP contribution in [0.25, 0.3) is 0 Å². The second-order valence-corrected chi connectivity index (χ2v) is 10.5. The van der Waals surface area contributed by atoms with Crippen molar-refractivity contribution in [3.63, 3.8) is 0 Å². The maximum atomic E-state index is 13.3. The number of alkyl halides is 6. The highest BCUT2D eigenvalue weighted by Crippen LogP contribution is 2.36. The van der Waals surface area contributed by atoms with Crippen molar-refractivity contribution in [3.05, 3.63) is 70.8 Å². The lowest BCUT2D eigenvalue weighted by atomic mass is 9.88. The van der Waals surface area contributed by atoms with Crippen molar-refractivity contribution < 1.29 is 41.0 Å². The van der Waals surface area contributed by atoms with Crippen LogP contribution in [0.5, 0.6) is 0 Å². The highest BCUT2D eigenvalue weighted by Gasteiger charge is 2.41. The Morgan fingerprint density at radius 3 is 1.97 bits per heavy atom. The van der Waals surface area contributed by atoms with E-state index in [2.05, 4.69) is 5.32 Å². The number of carbonyl (C=O) groups excluding carboxylic acids is 1. The maximum Gasteiger partial charge on any atom is 0.416 e. The number of benzene rings is 2. The van der Waals surface area contributed by atoms with Crippen LogP contribution in [0.1, 0.15) is 55.9 Å². The summed E-state index contributed by atoms with van der Waals surface area (Å²) in [4.78, 5) is 14.6. The number of piperidine rings is 1. The van der Waals surface area contributed by atoms with Crippen LogP contribution in [0.15, 0.2) is 48.5 Å². The first kappa shape index (κ1) is 29.8. The van der Waals surface area contributed by atoms with E-state index < -0.39 is 47.3 Å². The Morgan fingerprint density at radius 2 is 1.47 bits per heavy atom. The van der Waals surface area contributed by atoms with Crippen molar-refractivity contribution in [3.8, 4) is 0 Å². The van der Waals surface area contributed by atoms with Gasteiger partial charge in [-0.25, -0.2) is 4.79 Å². The van der Waals surface area contributed by atoms with Gasteiger partial charge in [-0.15, -0.1) is 0 Å². The van der Waals surface area contributed by atoms with Gasteiger partial charge in [-0.3, -0.25) is 4.90 Å². The summed E-state index contributed by atoms with van der Waals surface area (Å²) in [5.41, 5.74) is -2.76. The predicted octanol–water partition coefficient (Wildman–Crippen LogP) is 6.19. The highest BCUT2D eigenvalue weighted by molar-refractivity contribution is 5.69. The van der Waals surface area contributed by atoms with Crippen LogP contribution in [0.3, 0.4) is 0 Å². The van der Waals surface area contributed by atoms with E-state index in [1.807, 2.05) is 30.3 Å². The quantitative estimate of drug-likeness (QED) is 0.425. The van der Waals surface area contributed by atoms with Gasteiger partial charge in [-0.05, 0) is 69.4 Å². The van der Waals surface area contributed by atoms with Crippen LogP contribution in [0.4, 0.5) is 31.1 Å². The van der Waals surface area contributed by atoms with Gasteiger partial charge in [0.25, 0.3) is 0 Å². The number of rotatable bonds is 6. The molecule has 0 saturated carbocycles. The van der Waals surface area contributed by atoms with Crippen LogP contribution in [-0.4, -0.2) is 46.4 Å². The summed E-state index contributed by atoms with van der Waals surface area (Å²) in [6.45, 7) is 4.54. The molecule has 0 unspecified atom stereocenters. The molecule has 11 heteroatoms. The summed E-state index contributed by atoms with van der Waals surface area (Å²) >= 11 is 0. The maximum absolute atomic E-state index is 13.3. The molecule has 2 N–H and O–H groups in total. The second-order valence-electron chi connectivity index (χ2n) is 10.5. The van der Waals surface area contributed by atoms with Gasteiger partial charge in [0, 0.05) is 18.6 Å². The Morgan fingerprint density at radius 1 is 0.921 bits per heavy atom. The Bertz CT molecular complexity index is 1050. The topological polar surface area (TPSA) is 61.8 Å². The molecular weight excluding hydrogens is 514 g/mol. The normalized spacial score (nSPS) is 20.9. The number of nitrogens with zero attached hydrogens (tertiary/aromatic N) is 1. The van der Waals surface area contributed by atoms with Crippen LogP contribution >= 0.6 is 0 Å². The van der Waals surface area contributed by atoms with Crippen molar-refractivity contribution in [1.82, 2.24) is 10.2 Å². The molecule has 0 aromatic heterocycles. The van der Waals surface area contributed by atoms with E-state index in [1.54, 1.807) is 20.8 Å². The average molecular weight is 547 g/mol. The predicted molar refractivity (Wildman–Crippen MR) is 129 cm³/mol. The minimum absolute atomic E-state index is 0.0977. The largest absolute Gasteiger partial charge is 0.444 e. The summed E-state index contributed by atoms with van der Waals surface area (Å²) in [5.74, 6) is 0. The summed E-state index contributed by atoms with van der Waals surface area (Å²) in [5, 5.41) is 13.2. The summed E-state index contributed by atoms with van der Waals surface area (Å²) in [6, 6.07) is 9.35. The molecule has 3 rings (SSSR count). The van der Waals surface area contributed by atoms with E-state index in [4.69, 9.17) is 4.74 Å². The molecule has 2 aromatic carbocycles. The van der Waals surface area contributed by atoms with Gasteiger partial charge in [0.05, 0.1) is 23.8 Å². The molecule has 1 heterocycles. The van der Waals surface area contributed by atoms with E-state index in [-0.39, 0.29) is 37.2 Å². The molecular formula is C27H32F6N2O3. The zero-order valence-electron chi connectivity index (χ0n) is 21.4. The molecule has 2 aromatic rings. The molecule has 0 bridgehead atoms. The van der Waals surface area contributed by atoms with E-state index in [0.717, 1.165) is 5.56 Å². The standard InChI is InChI=1S/C27H32F6N2O3/c1-25(2,3)38-24(37)35-22(11-17-7-5-4-6-8-17)13-21(14-23(35)16-36)34-15-18-9-19(26(28,29)30)12-20(10-18)27(31,32)33/h4-10,12,21-23,34,36H,11,13-16H2,1-3H3/t21-,22+,23+/m1/s1. The second kappa shape index (κ2) is 11.5. The zero-order valence-corrected chi connectivity index (χ0v) is 21.4. The molecule has 38 heavy (non-hydrogen) atoms. The molecule has 1 amide bonds. The fraction of sp³-hybridized carbons (Fsp3) is 0.519. The van der Waals surface area contributed by atoms with Crippen molar-refractivity contribution in [2.24, 2.45) is 0 Å². The lowest BCUT2D eigenvalue weighted by Gasteiger charge is -2.45. The van der Waals surface area contributed by atoms with E-state index in [9.17, 15) is 36.2 Å². The average Bonchev–Trinajstić information content (AvgIpc) is 2.80. The first-order valence-electron chi connectivity index (χ1n) is 12.2. The third-order valence-electron chi connectivity index (χ3n) is 6.27. The molecule has 0 spiro atoms. The number of nitrogens with one attached hydrogen (secondary N) is 1. The number of likely N-dealkylation sites (tertiary alicyclic amines) is 1. The molecule has 1 fully saturated rings. The Kier molecular flexibility index (Phi) is 9.03. The fourth-order valence-corrected chi connectivity index (χ4v) is 4.67. The molecule has 0 radical (unpaired) electrons. The summed E-state index contributed by atoms with van der Waals surface area (Å²) in [6.07, 6.45) is -9.43. The van der Waals surface area contributed by atoms with Crippen LogP contribution < -0.4 is 5.32 Å². The van der Waals surface area contributed by atoms with Gasteiger partial charge in [-0.2, -0.15) is 26.3 Å². The SMILES string of the molecule is CC(C)(C)OC(=O)N1[C@H](CO)C[C@H](NCc2cc(C(F)(F)F)cc(C(F)(F)F)c2)C[C@@H]1Cc1ccccc1. The number of ether oxygens (including phenoxy) is 1. The van der Waals surface area contributed by atoms with Gasteiger partial charge in [0.1, 0.15) is 5.60 Å². The lowest BCUT2D eigenvalue weighted by Crippen LogP contribution is -2.58. The first-order chi connectivity index (χ1) is 17.6. The number of hydrogen-bond donors (Lipinski definition) is 2. The molecule has 5 nitrogen and oxygen atoms in total. The van der Waals surface area contributed by atoms with Crippen molar-refractivity contribution >= 4 is 6.09 Å². The van der Waals surface area contributed by atoms with Gasteiger partial charge >= 0.3 is 18.4 Å². The van der Waals surface area contributed by atoms with E-state index in [1.165, 1.54) is 4.90 Å². The lowest BCUT2D eigenvalue weighted by molar-refractivity contribution is -0.143. The third-order valence-corrected chi connectivity index (χ3v) is 6.27. The zero-order chi connectivity index (χ0) is 28.3. The molecule has 1 aliphatic heterocycles. The molecule has 3 atom stereocenters. The van der Waals surface area contributed by atoms with E-state index >= 15 is 0 Å². The van der Waals surface area contributed by atoms with Crippen molar-refractivity contribution in [2.45, 2.75) is 82.7 Å². The fourth-order valence-electron chi connectivity index (χ4n) is 4.67. The third kappa shape index (κ3) is 8.10. The van der Waals surface area contributed by atoms with Gasteiger partial charge in [0.15, 0.2) is 0 Å². The Labute approximate surface area is 217 Å². The molecule has 210 valence electrons. The number of aliphatic hydroxyl groups is 1. The van der Waals surface area contributed by atoms with Crippen LogP contribution in [-0.2, 0) is 30.1 Å². The molecule has 1 saturated heterocycles. The smallest absolute Gasteiger partial charge is 0.416 e. The minimum Gasteiger partial charge on any atom is -0.444 e. The van der Waals surface area contributed by atoms with Gasteiger partial charge in [0.2, 0.25) is 0 Å². The monoisotopic (exact) mass is 546 g/mol. The number of aliphatic hydroxyl groups excluding tert-OH is 1. The van der Waals surface area contributed by atoms with Gasteiger partial charge < -0.3 is 15.2 Å². The summed E-state index contributed by atoms with van der Waals surface area (Å²) in [7, 11) is 0. The van der Waals surface area contributed by atoms with Crippen LogP contribution in [0, 0.1) is 0 Å². The summed E-state index contributed by atoms with van der Waals surface area (Å²) < 4.78 is 85.1. The molecule has 0 aliphatic carbocycles. The highest BCUT2D eigenvalue weighted by atomic mass is 19.4. The molecule has 1 aliphatic rings. The minimum atomic E-state index is -4.93. The van der Waals surface area contributed by atoms with Gasteiger partial charge in [-0.1, -0.05) is 30.3 Å². The van der Waals surface area contributed by atoms with E-state index in [0.29, 0.717) is 25.0 Å². The van der Waals surface area contributed by atoms with Crippen molar-refractivity contribution in [1.29, 1.82) is 0 Å². The number of hydrogen-bond acceptors (Lipinski definition) is 4. The number of carbonyl (C=O) groups is 1.